The van der Waals surface area contributed by atoms with Crippen molar-refractivity contribution in [2.45, 2.75) is 102 Å². The largest absolute Gasteiger partial charge is 0.394 e. The Bertz CT molecular complexity index is 549. The topological polar surface area (TPSA) is 69.9 Å². The van der Waals surface area contributed by atoms with Gasteiger partial charge in [-0.2, -0.15) is 0 Å². The quantitative estimate of drug-likeness (QED) is 0.278. The fraction of sp³-hybridized carbons (Fsp3) is 0.680. The molecule has 164 valence electrons. The van der Waals surface area contributed by atoms with Crippen molar-refractivity contribution in [1.29, 1.82) is 0 Å². The summed E-state index contributed by atoms with van der Waals surface area (Å²) in [6.07, 6.45) is 9.84. The minimum Gasteiger partial charge on any atom is -0.394 e. The highest BCUT2D eigenvalue weighted by Gasteiger charge is 2.16. The fourth-order valence-electron chi connectivity index (χ4n) is 3.19. The summed E-state index contributed by atoms with van der Waals surface area (Å²) in [7, 11) is 0. The molecule has 0 fully saturated rings. The van der Waals surface area contributed by atoms with E-state index in [0.717, 1.165) is 56.9 Å². The van der Waals surface area contributed by atoms with Crippen LogP contribution in [0, 0.1) is 11.8 Å². The highest BCUT2D eigenvalue weighted by Crippen LogP contribution is 2.13. The molecule has 1 aromatic rings. The van der Waals surface area contributed by atoms with Gasteiger partial charge in [-0.1, -0.05) is 88.1 Å². The Hall–Kier alpha value is -1.38. The Morgan fingerprint density at radius 3 is 2.21 bits per heavy atom. The second-order valence-corrected chi connectivity index (χ2v) is 7.74. The average molecular weight is 405 g/mol. The Kier molecular flexibility index (Phi) is 15.5. The molecular formula is C25H40O4. The lowest BCUT2D eigenvalue weighted by molar-refractivity contribution is -0.0509. The van der Waals surface area contributed by atoms with Crippen LogP contribution in [0.3, 0.4) is 0 Å². The Labute approximate surface area is 177 Å². The maximum absolute atomic E-state index is 10.1. The van der Waals surface area contributed by atoms with Gasteiger partial charge in [0.1, 0.15) is 12.2 Å². The van der Waals surface area contributed by atoms with Crippen molar-refractivity contribution >= 4 is 0 Å². The Morgan fingerprint density at radius 1 is 0.897 bits per heavy atom. The van der Waals surface area contributed by atoms with Gasteiger partial charge in [-0.3, -0.25) is 0 Å². The van der Waals surface area contributed by atoms with Gasteiger partial charge in [-0.05, 0) is 24.8 Å². The number of unbranched alkanes of at least 4 members (excludes halogenated alkanes) is 7. The van der Waals surface area contributed by atoms with Crippen molar-refractivity contribution in [3.8, 4) is 11.8 Å². The van der Waals surface area contributed by atoms with Crippen molar-refractivity contribution in [1.82, 2.24) is 0 Å². The van der Waals surface area contributed by atoms with E-state index in [2.05, 4.69) is 18.8 Å². The first-order valence-corrected chi connectivity index (χ1v) is 11.3. The summed E-state index contributed by atoms with van der Waals surface area (Å²) >= 11 is 0. The summed E-state index contributed by atoms with van der Waals surface area (Å²) in [6.45, 7) is 2.28. The van der Waals surface area contributed by atoms with Gasteiger partial charge in [0.05, 0.1) is 19.3 Å². The molecule has 0 heterocycles. The average Bonchev–Trinajstić information content (AvgIpc) is 2.74. The van der Waals surface area contributed by atoms with Crippen LogP contribution in [0.4, 0.5) is 0 Å². The molecule has 3 N–H and O–H groups in total. The Balaban J connectivity index is 2.08. The van der Waals surface area contributed by atoms with Crippen molar-refractivity contribution in [3.63, 3.8) is 0 Å². The molecular weight excluding hydrogens is 364 g/mol. The third-order valence-electron chi connectivity index (χ3n) is 5.07. The van der Waals surface area contributed by atoms with E-state index in [9.17, 15) is 15.3 Å². The van der Waals surface area contributed by atoms with Crippen LogP contribution in [0.2, 0.25) is 0 Å². The van der Waals surface area contributed by atoms with Crippen molar-refractivity contribution in [2.24, 2.45) is 0 Å². The first kappa shape index (κ1) is 25.7. The Morgan fingerprint density at radius 2 is 1.55 bits per heavy atom. The lowest BCUT2D eigenvalue weighted by atomic mass is 10.0. The van der Waals surface area contributed by atoms with Crippen molar-refractivity contribution in [3.05, 3.63) is 35.9 Å². The van der Waals surface area contributed by atoms with Gasteiger partial charge < -0.3 is 20.1 Å². The van der Waals surface area contributed by atoms with Gasteiger partial charge in [0, 0.05) is 6.42 Å². The summed E-state index contributed by atoms with van der Waals surface area (Å²) < 4.78 is 5.59. The van der Waals surface area contributed by atoms with Crippen LogP contribution in [0.1, 0.15) is 83.1 Å². The molecule has 0 aromatic heterocycles. The number of rotatable bonds is 16. The summed E-state index contributed by atoms with van der Waals surface area (Å²) in [5.41, 5.74) is 0.997. The summed E-state index contributed by atoms with van der Waals surface area (Å²) in [4.78, 5) is 0. The highest BCUT2D eigenvalue weighted by molar-refractivity contribution is 5.13. The molecule has 4 heteroatoms. The molecule has 0 aliphatic heterocycles. The van der Waals surface area contributed by atoms with Gasteiger partial charge in [0.25, 0.3) is 0 Å². The third kappa shape index (κ3) is 13.5. The SMILES string of the molecule is CCCCCC[C@@H](O)CCCCCCC#C[C@H](O)[C@H](CO)OCc1ccccc1. The smallest absolute Gasteiger partial charge is 0.143 e. The van der Waals surface area contributed by atoms with E-state index < -0.39 is 12.2 Å². The van der Waals surface area contributed by atoms with Crippen LogP contribution in [0.15, 0.2) is 30.3 Å². The summed E-state index contributed by atoms with van der Waals surface area (Å²) in [5, 5.41) is 29.5. The zero-order valence-electron chi connectivity index (χ0n) is 18.1. The lowest BCUT2D eigenvalue weighted by Gasteiger charge is -2.17. The molecule has 1 rings (SSSR count). The minimum atomic E-state index is -0.980. The van der Waals surface area contributed by atoms with Crippen LogP contribution in [0.25, 0.3) is 0 Å². The number of hydrogen-bond donors (Lipinski definition) is 3. The molecule has 0 aliphatic carbocycles. The number of ether oxygens (including phenoxy) is 1. The highest BCUT2D eigenvalue weighted by atomic mass is 16.5. The normalized spacial score (nSPS) is 14.1. The molecule has 3 atom stereocenters. The van der Waals surface area contributed by atoms with E-state index >= 15 is 0 Å². The molecule has 29 heavy (non-hydrogen) atoms. The van der Waals surface area contributed by atoms with E-state index in [1.807, 2.05) is 30.3 Å². The minimum absolute atomic E-state index is 0.145. The molecule has 0 bridgehead atoms. The number of aliphatic hydroxyl groups is 3. The van der Waals surface area contributed by atoms with E-state index in [-0.39, 0.29) is 12.7 Å². The van der Waals surface area contributed by atoms with E-state index in [4.69, 9.17) is 4.74 Å². The maximum Gasteiger partial charge on any atom is 0.143 e. The molecule has 0 spiro atoms. The van der Waals surface area contributed by atoms with Gasteiger partial charge >= 0.3 is 0 Å². The predicted molar refractivity (Wildman–Crippen MR) is 118 cm³/mol. The second kappa shape index (κ2) is 17.5. The van der Waals surface area contributed by atoms with E-state index in [0.29, 0.717) is 6.61 Å². The molecule has 0 aliphatic rings. The summed E-state index contributed by atoms with van der Waals surface area (Å²) in [6, 6.07) is 9.68. The predicted octanol–water partition coefficient (Wildman–Crippen LogP) is 4.60. The molecule has 0 radical (unpaired) electrons. The molecule has 0 saturated carbocycles. The van der Waals surface area contributed by atoms with Gasteiger partial charge in [-0.15, -0.1) is 5.92 Å². The standard InChI is InChI=1S/C25H40O4/c1-2-3-4-12-17-23(27)18-13-7-5-6-8-14-19-24(28)25(20-26)29-21-22-15-10-9-11-16-22/h9-11,15-16,23-28H,2-8,12-13,17-18,20-21H2,1H3/t23-,24+,25+/m1/s1. The number of aliphatic hydroxyl groups excluding tert-OH is 3. The second-order valence-electron chi connectivity index (χ2n) is 7.74. The van der Waals surface area contributed by atoms with Crippen molar-refractivity contribution in [2.75, 3.05) is 6.61 Å². The van der Waals surface area contributed by atoms with Crippen LogP contribution >= 0.6 is 0 Å². The third-order valence-corrected chi connectivity index (χ3v) is 5.07. The van der Waals surface area contributed by atoms with Crippen molar-refractivity contribution < 1.29 is 20.1 Å². The molecule has 0 amide bonds. The van der Waals surface area contributed by atoms with Crippen LogP contribution in [-0.2, 0) is 11.3 Å². The van der Waals surface area contributed by atoms with E-state index in [1.165, 1.54) is 19.3 Å². The number of benzene rings is 1. The summed E-state index contributed by atoms with van der Waals surface area (Å²) in [5.74, 6) is 5.79. The maximum atomic E-state index is 10.1. The lowest BCUT2D eigenvalue weighted by Crippen LogP contribution is -2.31. The molecule has 1 aromatic carbocycles. The van der Waals surface area contributed by atoms with Crippen LogP contribution < -0.4 is 0 Å². The van der Waals surface area contributed by atoms with Gasteiger partial charge in [0.15, 0.2) is 0 Å². The van der Waals surface area contributed by atoms with Gasteiger partial charge in [-0.25, -0.2) is 0 Å². The van der Waals surface area contributed by atoms with Crippen LogP contribution in [-0.4, -0.2) is 40.2 Å². The monoisotopic (exact) mass is 404 g/mol. The first-order valence-electron chi connectivity index (χ1n) is 11.3. The molecule has 0 saturated heterocycles. The zero-order valence-corrected chi connectivity index (χ0v) is 18.1. The van der Waals surface area contributed by atoms with E-state index in [1.54, 1.807) is 0 Å². The number of hydrogen-bond acceptors (Lipinski definition) is 4. The zero-order chi connectivity index (χ0) is 21.2. The van der Waals surface area contributed by atoms with Crippen LogP contribution in [0.5, 0.6) is 0 Å². The fourth-order valence-corrected chi connectivity index (χ4v) is 3.19. The van der Waals surface area contributed by atoms with Gasteiger partial charge in [0.2, 0.25) is 0 Å². The first-order chi connectivity index (χ1) is 14.2. The molecule has 4 nitrogen and oxygen atoms in total. The molecule has 0 unspecified atom stereocenters.